The molecule has 0 radical (unpaired) electrons. The number of anilines is 1. The molecule has 25 heavy (non-hydrogen) atoms. The lowest BCUT2D eigenvalue weighted by Crippen LogP contribution is -2.45. The summed E-state index contributed by atoms with van der Waals surface area (Å²) >= 11 is 0. The minimum absolute atomic E-state index is 0.113. The first kappa shape index (κ1) is 17.5. The predicted octanol–water partition coefficient (Wildman–Crippen LogP) is 3.20. The van der Waals surface area contributed by atoms with E-state index < -0.39 is 24.1 Å². The van der Waals surface area contributed by atoms with Gasteiger partial charge >= 0.3 is 11.9 Å². The quantitative estimate of drug-likeness (QED) is 0.657. The number of allylic oxidation sites excluding steroid dienone is 2. The van der Waals surface area contributed by atoms with Gasteiger partial charge in [0.2, 0.25) is 0 Å². The van der Waals surface area contributed by atoms with E-state index in [-0.39, 0.29) is 18.4 Å². The van der Waals surface area contributed by atoms with Gasteiger partial charge in [-0.25, -0.2) is 9.59 Å². The fourth-order valence-corrected chi connectivity index (χ4v) is 3.77. The normalized spacial score (nSPS) is 24.7. The summed E-state index contributed by atoms with van der Waals surface area (Å²) in [5.74, 6) is -0.585. The zero-order valence-electron chi connectivity index (χ0n) is 15.0. The van der Waals surface area contributed by atoms with Crippen LogP contribution in [0.25, 0.3) is 0 Å². The maximum atomic E-state index is 12.7. The van der Waals surface area contributed by atoms with Crippen molar-refractivity contribution in [1.29, 1.82) is 0 Å². The Hall–Kier alpha value is -2.30. The summed E-state index contributed by atoms with van der Waals surface area (Å²) in [6, 6.07) is 5.81. The second-order valence-corrected chi connectivity index (χ2v) is 6.54. The van der Waals surface area contributed by atoms with Crippen LogP contribution in [-0.2, 0) is 25.5 Å². The van der Waals surface area contributed by atoms with Crippen molar-refractivity contribution in [2.45, 2.75) is 51.7 Å². The molecular formula is C20H25NO4. The molecule has 4 atom stereocenters. The first-order chi connectivity index (χ1) is 12.1. The number of hydrogen-bond acceptors (Lipinski definition) is 5. The summed E-state index contributed by atoms with van der Waals surface area (Å²) in [6.45, 7) is 5.65. The van der Waals surface area contributed by atoms with E-state index in [0.717, 1.165) is 18.5 Å². The highest BCUT2D eigenvalue weighted by atomic mass is 16.6. The molecule has 0 fully saturated rings. The molecule has 0 aromatic heterocycles. The van der Waals surface area contributed by atoms with Gasteiger partial charge in [-0.05, 0) is 37.8 Å². The average Bonchev–Trinajstić information content (AvgIpc) is 3.10. The predicted molar refractivity (Wildman–Crippen MR) is 95.4 cm³/mol. The van der Waals surface area contributed by atoms with Crippen molar-refractivity contribution in [3.05, 3.63) is 41.5 Å². The van der Waals surface area contributed by atoms with Crippen molar-refractivity contribution < 1.29 is 19.1 Å². The van der Waals surface area contributed by atoms with Gasteiger partial charge in [0.25, 0.3) is 0 Å². The largest absolute Gasteiger partial charge is 0.463 e. The first-order valence-corrected chi connectivity index (χ1v) is 8.98. The number of fused-ring (bicyclic) bond motifs is 3. The number of ether oxygens (including phenoxy) is 2. The Morgan fingerprint density at radius 1 is 1.32 bits per heavy atom. The highest BCUT2D eigenvalue weighted by Crippen LogP contribution is 2.46. The molecule has 1 heterocycles. The minimum Gasteiger partial charge on any atom is -0.463 e. The molecule has 0 spiro atoms. The standard InChI is InChI=1S/C20H25NO4/c1-4-13-8-6-10-15-14-9-7-11-16(14)18(21-17(13)15)20(23)25-12(3)19(22)24-5-2/h6-10,12,14,16,18,21H,4-5,11H2,1-3H3/t12-,14+,16+,18-/m0/s1. The summed E-state index contributed by atoms with van der Waals surface area (Å²) in [5, 5.41) is 3.40. The van der Waals surface area contributed by atoms with Crippen molar-refractivity contribution in [1.82, 2.24) is 0 Å². The number of esters is 2. The molecule has 5 nitrogen and oxygen atoms in total. The van der Waals surface area contributed by atoms with Crippen LogP contribution in [0.5, 0.6) is 0 Å². The monoisotopic (exact) mass is 343 g/mol. The van der Waals surface area contributed by atoms with Crippen molar-refractivity contribution in [2.75, 3.05) is 11.9 Å². The van der Waals surface area contributed by atoms with E-state index in [1.165, 1.54) is 11.1 Å². The van der Waals surface area contributed by atoms with E-state index in [1.54, 1.807) is 13.8 Å². The zero-order valence-corrected chi connectivity index (χ0v) is 15.0. The van der Waals surface area contributed by atoms with E-state index in [1.807, 2.05) is 0 Å². The van der Waals surface area contributed by atoms with E-state index in [4.69, 9.17) is 9.47 Å². The fraction of sp³-hybridized carbons (Fsp3) is 0.500. The van der Waals surface area contributed by atoms with E-state index in [2.05, 4.69) is 42.6 Å². The second-order valence-electron chi connectivity index (χ2n) is 6.54. The number of aryl methyl sites for hydroxylation is 1. The third-order valence-corrected chi connectivity index (χ3v) is 5.03. The zero-order chi connectivity index (χ0) is 18.0. The Morgan fingerprint density at radius 3 is 2.84 bits per heavy atom. The Kier molecular flexibility index (Phi) is 5.11. The number of rotatable bonds is 5. The molecule has 1 aliphatic carbocycles. The van der Waals surface area contributed by atoms with Gasteiger partial charge in [-0.2, -0.15) is 0 Å². The highest BCUT2D eigenvalue weighted by Gasteiger charge is 2.42. The summed E-state index contributed by atoms with van der Waals surface area (Å²) in [7, 11) is 0. The molecule has 3 rings (SSSR count). The topological polar surface area (TPSA) is 64.6 Å². The summed E-state index contributed by atoms with van der Waals surface area (Å²) in [4.78, 5) is 24.5. The molecule has 2 aliphatic rings. The second kappa shape index (κ2) is 7.30. The molecule has 1 aromatic rings. The van der Waals surface area contributed by atoms with E-state index in [0.29, 0.717) is 0 Å². The van der Waals surface area contributed by atoms with Crippen molar-refractivity contribution in [3.63, 3.8) is 0 Å². The van der Waals surface area contributed by atoms with Gasteiger partial charge in [-0.3, -0.25) is 0 Å². The van der Waals surface area contributed by atoms with Gasteiger partial charge in [0.05, 0.1) is 6.61 Å². The first-order valence-electron chi connectivity index (χ1n) is 8.98. The van der Waals surface area contributed by atoms with Gasteiger partial charge in [-0.1, -0.05) is 37.3 Å². The molecule has 0 amide bonds. The molecule has 5 heteroatoms. The Morgan fingerprint density at radius 2 is 2.12 bits per heavy atom. The van der Waals surface area contributed by atoms with Gasteiger partial charge in [-0.15, -0.1) is 0 Å². The summed E-state index contributed by atoms with van der Waals surface area (Å²) < 4.78 is 10.3. The van der Waals surface area contributed by atoms with Crippen LogP contribution >= 0.6 is 0 Å². The molecule has 0 saturated carbocycles. The number of carbonyl (C=O) groups excluding carboxylic acids is 2. The third kappa shape index (κ3) is 3.28. The number of nitrogens with one attached hydrogen (secondary N) is 1. The van der Waals surface area contributed by atoms with Crippen LogP contribution in [0.3, 0.4) is 0 Å². The van der Waals surface area contributed by atoms with Crippen LogP contribution < -0.4 is 5.32 Å². The minimum atomic E-state index is -0.898. The molecule has 0 bridgehead atoms. The average molecular weight is 343 g/mol. The number of hydrogen-bond donors (Lipinski definition) is 1. The van der Waals surface area contributed by atoms with Crippen LogP contribution in [0.4, 0.5) is 5.69 Å². The van der Waals surface area contributed by atoms with Crippen molar-refractivity contribution >= 4 is 17.6 Å². The Balaban J connectivity index is 1.83. The fourth-order valence-electron chi connectivity index (χ4n) is 3.77. The van der Waals surface area contributed by atoms with Crippen LogP contribution in [-0.4, -0.2) is 30.7 Å². The third-order valence-electron chi connectivity index (χ3n) is 5.03. The molecule has 0 unspecified atom stereocenters. The number of para-hydroxylation sites is 1. The van der Waals surface area contributed by atoms with Gasteiger partial charge in [0.1, 0.15) is 6.04 Å². The van der Waals surface area contributed by atoms with Crippen LogP contribution in [0.15, 0.2) is 30.4 Å². The molecule has 134 valence electrons. The molecular weight excluding hydrogens is 318 g/mol. The Labute approximate surface area is 148 Å². The number of benzene rings is 1. The maximum absolute atomic E-state index is 12.7. The van der Waals surface area contributed by atoms with E-state index in [9.17, 15) is 9.59 Å². The molecule has 1 N–H and O–H groups in total. The lowest BCUT2D eigenvalue weighted by molar-refractivity contribution is -0.167. The lowest BCUT2D eigenvalue weighted by atomic mass is 9.78. The van der Waals surface area contributed by atoms with Crippen molar-refractivity contribution in [2.24, 2.45) is 5.92 Å². The van der Waals surface area contributed by atoms with Gasteiger partial charge in [0, 0.05) is 17.5 Å². The van der Waals surface area contributed by atoms with Crippen LogP contribution in [0.2, 0.25) is 0 Å². The lowest BCUT2D eigenvalue weighted by Gasteiger charge is -2.37. The van der Waals surface area contributed by atoms with Crippen LogP contribution in [0, 0.1) is 5.92 Å². The van der Waals surface area contributed by atoms with Gasteiger partial charge in [0.15, 0.2) is 6.10 Å². The summed E-state index contributed by atoms with van der Waals surface area (Å²) in [6.07, 6.45) is 5.11. The summed E-state index contributed by atoms with van der Waals surface area (Å²) in [5.41, 5.74) is 3.46. The SMILES string of the molecule is CCOC(=O)[C@H](C)OC(=O)[C@H]1Nc2c(CC)cccc2[C@H]2C=CC[C@@H]12. The molecule has 1 aromatic carbocycles. The maximum Gasteiger partial charge on any atom is 0.347 e. The van der Waals surface area contributed by atoms with Gasteiger partial charge < -0.3 is 14.8 Å². The molecule has 0 saturated heterocycles. The smallest absolute Gasteiger partial charge is 0.347 e. The van der Waals surface area contributed by atoms with E-state index >= 15 is 0 Å². The highest BCUT2D eigenvalue weighted by molar-refractivity contribution is 5.85. The van der Waals surface area contributed by atoms with Crippen LogP contribution in [0.1, 0.15) is 44.2 Å². The molecule has 1 aliphatic heterocycles. The number of carbonyl (C=O) groups is 2. The van der Waals surface area contributed by atoms with Crippen molar-refractivity contribution in [3.8, 4) is 0 Å². The Bertz CT molecular complexity index is 697.